The lowest BCUT2D eigenvalue weighted by Crippen LogP contribution is -2.33. The Balaban J connectivity index is 2.33. The van der Waals surface area contributed by atoms with Gasteiger partial charge in [0.2, 0.25) is 0 Å². The first-order chi connectivity index (χ1) is 12.3. The third kappa shape index (κ3) is 4.64. The first-order valence-corrected chi connectivity index (χ1v) is 10.5. The molecule has 0 heterocycles. The van der Waals surface area contributed by atoms with Gasteiger partial charge in [-0.3, -0.25) is 0 Å². The van der Waals surface area contributed by atoms with Crippen LogP contribution in [-0.2, 0) is 0 Å². The quantitative estimate of drug-likeness (QED) is 0.350. The van der Waals surface area contributed by atoms with Crippen LogP contribution in [-0.4, -0.2) is 10.2 Å². The summed E-state index contributed by atoms with van der Waals surface area (Å²) in [6.45, 7) is 12.8. The zero-order chi connectivity index (χ0) is 19.3. The fourth-order valence-electron chi connectivity index (χ4n) is 4.95. The van der Waals surface area contributed by atoms with Crippen LogP contribution in [0.3, 0.4) is 0 Å². The smallest absolute Gasteiger partial charge is 0.100 e. The van der Waals surface area contributed by atoms with Gasteiger partial charge in [-0.05, 0) is 57.6 Å². The SMILES string of the molecule is C=C(C)[C@@H]1CCC(C)=C[C@H]1C1C(O)=CC(CCC)(CCCCC)C=C1O. The highest BCUT2D eigenvalue weighted by atomic mass is 16.3. The van der Waals surface area contributed by atoms with Gasteiger partial charge in [-0.1, -0.05) is 63.3 Å². The van der Waals surface area contributed by atoms with Crippen LogP contribution in [0.4, 0.5) is 0 Å². The van der Waals surface area contributed by atoms with Crippen LogP contribution in [0.2, 0.25) is 0 Å². The van der Waals surface area contributed by atoms with E-state index in [1.54, 1.807) is 0 Å². The number of hydrogen-bond donors (Lipinski definition) is 2. The first-order valence-electron chi connectivity index (χ1n) is 10.5. The van der Waals surface area contributed by atoms with E-state index in [-0.39, 0.29) is 17.3 Å². The van der Waals surface area contributed by atoms with E-state index >= 15 is 0 Å². The summed E-state index contributed by atoms with van der Waals surface area (Å²) in [5.41, 5.74) is 2.30. The molecule has 0 aromatic carbocycles. The van der Waals surface area contributed by atoms with Gasteiger partial charge in [0.15, 0.2) is 0 Å². The molecule has 0 saturated heterocycles. The van der Waals surface area contributed by atoms with Crippen LogP contribution < -0.4 is 0 Å². The average molecular weight is 359 g/mol. The highest BCUT2D eigenvalue weighted by Gasteiger charge is 2.41. The molecule has 0 fully saturated rings. The second kappa shape index (κ2) is 8.97. The van der Waals surface area contributed by atoms with Gasteiger partial charge < -0.3 is 10.2 Å². The van der Waals surface area contributed by atoms with Crippen LogP contribution in [0.5, 0.6) is 0 Å². The topological polar surface area (TPSA) is 40.5 Å². The second-order valence-electron chi connectivity index (χ2n) is 8.64. The van der Waals surface area contributed by atoms with E-state index in [2.05, 4.69) is 52.5 Å². The Morgan fingerprint density at radius 1 is 1.12 bits per heavy atom. The van der Waals surface area contributed by atoms with Crippen molar-refractivity contribution in [1.29, 1.82) is 0 Å². The van der Waals surface area contributed by atoms with E-state index in [1.807, 2.05) is 0 Å². The van der Waals surface area contributed by atoms with E-state index in [9.17, 15) is 10.2 Å². The molecule has 0 spiro atoms. The normalized spacial score (nSPS) is 31.8. The van der Waals surface area contributed by atoms with Crippen LogP contribution >= 0.6 is 0 Å². The van der Waals surface area contributed by atoms with Gasteiger partial charge >= 0.3 is 0 Å². The molecule has 0 aromatic rings. The van der Waals surface area contributed by atoms with Crippen molar-refractivity contribution in [3.8, 4) is 0 Å². The summed E-state index contributed by atoms with van der Waals surface area (Å²) in [5.74, 6) is 0.815. The molecular formula is C24H38O2. The maximum absolute atomic E-state index is 11.0. The molecule has 2 nitrogen and oxygen atoms in total. The molecule has 2 N–H and O–H groups in total. The molecule has 0 bridgehead atoms. The minimum Gasteiger partial charge on any atom is -0.512 e. The predicted molar refractivity (Wildman–Crippen MR) is 111 cm³/mol. The number of aliphatic hydroxyl groups excluding tert-OH is 2. The lowest BCUT2D eigenvalue weighted by molar-refractivity contribution is 0.184. The van der Waals surface area contributed by atoms with Crippen LogP contribution in [0.1, 0.15) is 79.1 Å². The van der Waals surface area contributed by atoms with E-state index in [1.165, 1.54) is 18.4 Å². The number of hydrogen-bond acceptors (Lipinski definition) is 2. The number of allylic oxidation sites excluding steroid dienone is 5. The Hall–Kier alpha value is -1.44. The summed E-state index contributed by atoms with van der Waals surface area (Å²) in [5, 5.41) is 22.0. The van der Waals surface area contributed by atoms with Gasteiger partial charge in [-0.25, -0.2) is 0 Å². The Bertz CT molecular complexity index is 573. The molecule has 0 amide bonds. The summed E-state index contributed by atoms with van der Waals surface area (Å²) in [6.07, 6.45) is 15.0. The van der Waals surface area contributed by atoms with Gasteiger partial charge in [-0.15, -0.1) is 0 Å². The van der Waals surface area contributed by atoms with Gasteiger partial charge in [0.25, 0.3) is 0 Å². The largest absolute Gasteiger partial charge is 0.512 e. The maximum atomic E-state index is 11.0. The molecule has 0 unspecified atom stereocenters. The minimum atomic E-state index is -0.317. The lowest BCUT2D eigenvalue weighted by atomic mass is 9.66. The van der Waals surface area contributed by atoms with Crippen molar-refractivity contribution in [2.45, 2.75) is 79.1 Å². The lowest BCUT2D eigenvalue weighted by Gasteiger charge is -2.40. The zero-order valence-corrected chi connectivity index (χ0v) is 17.2. The summed E-state index contributed by atoms with van der Waals surface area (Å²) < 4.78 is 0. The number of aliphatic hydroxyl groups is 2. The number of unbranched alkanes of at least 4 members (excludes halogenated alkanes) is 2. The molecule has 0 saturated carbocycles. The Kier molecular flexibility index (Phi) is 7.20. The Labute approximate surface area is 160 Å². The average Bonchev–Trinajstić information content (AvgIpc) is 2.54. The highest BCUT2D eigenvalue weighted by Crippen LogP contribution is 2.48. The monoisotopic (exact) mass is 358 g/mol. The van der Waals surface area contributed by atoms with Crippen LogP contribution in [0, 0.1) is 23.2 Å². The molecule has 26 heavy (non-hydrogen) atoms. The fourth-order valence-corrected chi connectivity index (χ4v) is 4.95. The zero-order valence-electron chi connectivity index (χ0n) is 17.2. The maximum Gasteiger partial charge on any atom is 0.100 e. The van der Waals surface area contributed by atoms with Crippen LogP contribution in [0.15, 0.2) is 47.5 Å². The molecule has 2 aliphatic carbocycles. The van der Waals surface area contributed by atoms with E-state index in [0.29, 0.717) is 17.4 Å². The summed E-state index contributed by atoms with van der Waals surface area (Å²) >= 11 is 0. The summed E-state index contributed by atoms with van der Waals surface area (Å²) in [7, 11) is 0. The second-order valence-corrected chi connectivity index (χ2v) is 8.64. The van der Waals surface area contributed by atoms with Crippen molar-refractivity contribution < 1.29 is 10.2 Å². The van der Waals surface area contributed by atoms with E-state index in [0.717, 1.165) is 44.1 Å². The van der Waals surface area contributed by atoms with Crippen molar-refractivity contribution in [2.75, 3.05) is 0 Å². The molecule has 146 valence electrons. The van der Waals surface area contributed by atoms with Crippen molar-refractivity contribution in [1.82, 2.24) is 0 Å². The third-order valence-corrected chi connectivity index (χ3v) is 6.28. The Morgan fingerprint density at radius 3 is 2.31 bits per heavy atom. The molecular weight excluding hydrogens is 320 g/mol. The van der Waals surface area contributed by atoms with Gasteiger partial charge in [0.05, 0.1) is 5.92 Å². The highest BCUT2D eigenvalue weighted by molar-refractivity contribution is 5.31. The van der Waals surface area contributed by atoms with Crippen molar-refractivity contribution >= 4 is 0 Å². The third-order valence-electron chi connectivity index (χ3n) is 6.28. The van der Waals surface area contributed by atoms with Crippen molar-refractivity contribution in [2.24, 2.45) is 23.2 Å². The molecule has 2 aliphatic rings. The standard InChI is InChI=1S/C24H38O2/c1-6-8-9-13-24(12-7-2)15-21(25)23(22(26)16-24)20-14-18(5)10-11-19(20)17(3)4/h14-16,19-20,23,25-26H,3,6-13H2,1-2,4-5H3/t19-,20+,23?,24?/m0/s1. The molecule has 2 heteroatoms. The van der Waals surface area contributed by atoms with Crippen molar-refractivity contribution in [3.05, 3.63) is 47.5 Å². The van der Waals surface area contributed by atoms with Crippen LogP contribution in [0.25, 0.3) is 0 Å². The first kappa shape index (κ1) is 20.9. The molecule has 2 atom stereocenters. The summed E-state index contributed by atoms with van der Waals surface area (Å²) in [4.78, 5) is 0. The number of rotatable bonds is 8. The molecule has 0 aromatic heterocycles. The van der Waals surface area contributed by atoms with Gasteiger partial charge in [0, 0.05) is 11.3 Å². The molecule has 0 aliphatic heterocycles. The predicted octanol–water partition coefficient (Wildman–Crippen LogP) is 7.42. The molecule has 2 rings (SSSR count). The van der Waals surface area contributed by atoms with Gasteiger partial charge in [0.1, 0.15) is 11.5 Å². The molecule has 0 radical (unpaired) electrons. The van der Waals surface area contributed by atoms with E-state index in [4.69, 9.17) is 0 Å². The van der Waals surface area contributed by atoms with Crippen molar-refractivity contribution in [3.63, 3.8) is 0 Å². The fraction of sp³-hybridized carbons (Fsp3) is 0.667. The van der Waals surface area contributed by atoms with E-state index < -0.39 is 0 Å². The Morgan fingerprint density at radius 2 is 1.77 bits per heavy atom. The summed E-state index contributed by atoms with van der Waals surface area (Å²) in [6, 6.07) is 0. The van der Waals surface area contributed by atoms with Gasteiger partial charge in [-0.2, -0.15) is 0 Å². The minimum absolute atomic E-state index is 0.101.